The molecule has 1 N–H and O–H groups in total. The zero-order valence-corrected chi connectivity index (χ0v) is 14.4. The first-order chi connectivity index (χ1) is 12.0. The predicted molar refractivity (Wildman–Crippen MR) is 92.0 cm³/mol. The third-order valence-corrected chi connectivity index (χ3v) is 3.18. The van der Waals surface area contributed by atoms with Crippen molar-refractivity contribution < 1.29 is 23.8 Å². The third-order valence-electron chi connectivity index (χ3n) is 3.18. The Labute approximate surface area is 145 Å². The molecule has 7 nitrogen and oxygen atoms in total. The summed E-state index contributed by atoms with van der Waals surface area (Å²) in [7, 11) is 1.27. The highest BCUT2D eigenvalue weighted by molar-refractivity contribution is 5.94. The second kappa shape index (κ2) is 8.68. The van der Waals surface area contributed by atoms with Gasteiger partial charge in [0.05, 0.1) is 7.11 Å². The Morgan fingerprint density at radius 1 is 1.20 bits per heavy atom. The summed E-state index contributed by atoms with van der Waals surface area (Å²) in [4.78, 5) is 27.2. The number of nitrogens with one attached hydrogen (secondary N) is 1. The van der Waals surface area contributed by atoms with Gasteiger partial charge in [-0.2, -0.15) is 0 Å². The molecule has 0 aliphatic rings. The molecular weight excluding hydrogens is 324 g/mol. The van der Waals surface area contributed by atoms with E-state index in [4.69, 9.17) is 14.2 Å². The van der Waals surface area contributed by atoms with Crippen molar-refractivity contribution in [2.75, 3.05) is 25.6 Å². The minimum atomic E-state index is -0.583. The standard InChI is InChI=1S/C18H20N2O5/c1-12-5-4-6-17(20-12)24-10-9-19-14-7-8-16(25-13(2)21)15(11-14)18(22)23-3/h4-8,11,19H,9-10H2,1-3H3. The maximum absolute atomic E-state index is 11.8. The number of aryl methyl sites for hydroxylation is 1. The second-order valence-corrected chi connectivity index (χ2v) is 5.19. The Hall–Kier alpha value is -3.09. The van der Waals surface area contributed by atoms with E-state index in [2.05, 4.69) is 10.3 Å². The van der Waals surface area contributed by atoms with E-state index in [1.54, 1.807) is 24.3 Å². The lowest BCUT2D eigenvalue weighted by Crippen LogP contribution is -2.13. The molecule has 7 heteroatoms. The molecule has 0 radical (unpaired) electrons. The number of carbonyl (C=O) groups excluding carboxylic acids is 2. The van der Waals surface area contributed by atoms with Gasteiger partial charge in [-0.15, -0.1) is 0 Å². The summed E-state index contributed by atoms with van der Waals surface area (Å²) in [5.41, 5.74) is 1.73. The van der Waals surface area contributed by atoms with E-state index in [1.165, 1.54) is 14.0 Å². The van der Waals surface area contributed by atoms with Gasteiger partial charge in [0.1, 0.15) is 17.9 Å². The summed E-state index contributed by atoms with van der Waals surface area (Å²) in [5.74, 6) is -0.377. The van der Waals surface area contributed by atoms with Crippen LogP contribution < -0.4 is 14.8 Å². The number of esters is 2. The van der Waals surface area contributed by atoms with E-state index in [0.29, 0.717) is 24.7 Å². The van der Waals surface area contributed by atoms with Gasteiger partial charge in [-0.1, -0.05) is 6.07 Å². The van der Waals surface area contributed by atoms with Crippen molar-refractivity contribution in [1.29, 1.82) is 0 Å². The number of rotatable bonds is 7. The first kappa shape index (κ1) is 18.3. The van der Waals surface area contributed by atoms with Crippen LogP contribution in [0.4, 0.5) is 5.69 Å². The van der Waals surface area contributed by atoms with Crippen molar-refractivity contribution in [3.8, 4) is 11.6 Å². The van der Waals surface area contributed by atoms with Crippen LogP contribution in [0.5, 0.6) is 11.6 Å². The van der Waals surface area contributed by atoms with Gasteiger partial charge >= 0.3 is 11.9 Å². The van der Waals surface area contributed by atoms with E-state index >= 15 is 0 Å². The molecule has 0 bridgehead atoms. The lowest BCUT2D eigenvalue weighted by atomic mass is 10.1. The summed E-state index contributed by atoms with van der Waals surface area (Å²) in [6.07, 6.45) is 0. The van der Waals surface area contributed by atoms with E-state index < -0.39 is 11.9 Å². The fourth-order valence-corrected chi connectivity index (χ4v) is 2.10. The fourth-order valence-electron chi connectivity index (χ4n) is 2.10. The highest BCUT2D eigenvalue weighted by atomic mass is 16.5. The molecule has 0 spiro atoms. The molecule has 2 rings (SSSR count). The zero-order chi connectivity index (χ0) is 18.2. The zero-order valence-electron chi connectivity index (χ0n) is 14.4. The highest BCUT2D eigenvalue weighted by Crippen LogP contribution is 2.24. The summed E-state index contributed by atoms with van der Waals surface area (Å²) in [5, 5.41) is 3.13. The number of hydrogen-bond donors (Lipinski definition) is 1. The maximum atomic E-state index is 11.8. The van der Waals surface area contributed by atoms with Crippen LogP contribution in [0.1, 0.15) is 23.0 Å². The number of carbonyl (C=O) groups is 2. The predicted octanol–water partition coefficient (Wildman–Crippen LogP) is 2.59. The average molecular weight is 344 g/mol. The van der Waals surface area contributed by atoms with Crippen LogP contribution in [0.2, 0.25) is 0 Å². The molecule has 0 aliphatic carbocycles. The molecule has 0 unspecified atom stereocenters. The monoisotopic (exact) mass is 344 g/mol. The summed E-state index contributed by atoms with van der Waals surface area (Å²) in [6.45, 7) is 4.06. The molecule has 0 fully saturated rings. The molecule has 0 saturated carbocycles. The quantitative estimate of drug-likeness (QED) is 0.469. The van der Waals surface area contributed by atoms with Crippen LogP contribution in [-0.4, -0.2) is 37.2 Å². The molecule has 1 heterocycles. The molecule has 0 amide bonds. The number of pyridine rings is 1. The molecule has 25 heavy (non-hydrogen) atoms. The number of aromatic nitrogens is 1. The van der Waals surface area contributed by atoms with Crippen LogP contribution in [0.3, 0.4) is 0 Å². The minimum absolute atomic E-state index is 0.158. The van der Waals surface area contributed by atoms with Crippen LogP contribution in [0.25, 0.3) is 0 Å². The van der Waals surface area contributed by atoms with E-state index in [1.807, 2.05) is 19.1 Å². The Morgan fingerprint density at radius 3 is 2.68 bits per heavy atom. The second-order valence-electron chi connectivity index (χ2n) is 5.19. The van der Waals surface area contributed by atoms with Gasteiger partial charge in [0.2, 0.25) is 5.88 Å². The number of nitrogens with zero attached hydrogens (tertiary/aromatic N) is 1. The Kier molecular flexibility index (Phi) is 6.33. The number of anilines is 1. The van der Waals surface area contributed by atoms with E-state index in [0.717, 1.165) is 5.69 Å². The Morgan fingerprint density at radius 2 is 2.00 bits per heavy atom. The fraction of sp³-hybridized carbons (Fsp3) is 0.278. The third kappa shape index (κ3) is 5.49. The van der Waals surface area contributed by atoms with Gasteiger partial charge in [0.25, 0.3) is 0 Å². The average Bonchev–Trinajstić information content (AvgIpc) is 2.58. The van der Waals surface area contributed by atoms with Crippen molar-refractivity contribution in [2.24, 2.45) is 0 Å². The molecule has 1 aromatic heterocycles. The van der Waals surface area contributed by atoms with Gasteiger partial charge in [0.15, 0.2) is 0 Å². The largest absolute Gasteiger partial charge is 0.476 e. The molecular formula is C18H20N2O5. The number of ether oxygens (including phenoxy) is 3. The first-order valence-corrected chi connectivity index (χ1v) is 7.70. The molecule has 1 aromatic carbocycles. The summed E-state index contributed by atoms with van der Waals surface area (Å²) in [6, 6.07) is 10.4. The minimum Gasteiger partial charge on any atom is -0.476 e. The van der Waals surface area contributed by atoms with Crippen molar-refractivity contribution in [2.45, 2.75) is 13.8 Å². The van der Waals surface area contributed by atoms with Gasteiger partial charge < -0.3 is 19.5 Å². The van der Waals surface area contributed by atoms with Crippen LogP contribution in [0.15, 0.2) is 36.4 Å². The van der Waals surface area contributed by atoms with E-state index in [-0.39, 0.29) is 11.3 Å². The van der Waals surface area contributed by atoms with Crippen molar-refractivity contribution >= 4 is 17.6 Å². The SMILES string of the molecule is COC(=O)c1cc(NCCOc2cccc(C)n2)ccc1OC(C)=O. The number of methoxy groups -OCH3 is 1. The number of hydrogen-bond acceptors (Lipinski definition) is 7. The van der Waals surface area contributed by atoms with Crippen LogP contribution in [0, 0.1) is 6.92 Å². The summed E-state index contributed by atoms with van der Waals surface area (Å²) < 4.78 is 15.3. The maximum Gasteiger partial charge on any atom is 0.341 e. The highest BCUT2D eigenvalue weighted by Gasteiger charge is 2.15. The Balaban J connectivity index is 1.97. The molecule has 132 valence electrons. The van der Waals surface area contributed by atoms with E-state index in [9.17, 15) is 9.59 Å². The topological polar surface area (TPSA) is 86.8 Å². The van der Waals surface area contributed by atoms with Crippen LogP contribution in [-0.2, 0) is 9.53 Å². The molecule has 0 saturated heterocycles. The molecule has 0 atom stereocenters. The van der Waals surface area contributed by atoms with Gasteiger partial charge in [0, 0.05) is 30.9 Å². The lowest BCUT2D eigenvalue weighted by Gasteiger charge is -2.12. The first-order valence-electron chi connectivity index (χ1n) is 7.70. The summed E-state index contributed by atoms with van der Waals surface area (Å²) >= 11 is 0. The lowest BCUT2D eigenvalue weighted by molar-refractivity contribution is -0.131. The normalized spacial score (nSPS) is 10.0. The smallest absolute Gasteiger partial charge is 0.341 e. The number of benzene rings is 1. The van der Waals surface area contributed by atoms with Gasteiger partial charge in [-0.05, 0) is 31.2 Å². The van der Waals surface area contributed by atoms with Crippen molar-refractivity contribution in [3.63, 3.8) is 0 Å². The molecule has 2 aromatic rings. The van der Waals surface area contributed by atoms with Crippen molar-refractivity contribution in [3.05, 3.63) is 47.7 Å². The van der Waals surface area contributed by atoms with Crippen molar-refractivity contribution in [1.82, 2.24) is 4.98 Å². The van der Waals surface area contributed by atoms with Crippen LogP contribution >= 0.6 is 0 Å². The van der Waals surface area contributed by atoms with Gasteiger partial charge in [-0.25, -0.2) is 9.78 Å². The van der Waals surface area contributed by atoms with Gasteiger partial charge in [-0.3, -0.25) is 4.79 Å². The Bertz CT molecular complexity index is 761. The molecule has 0 aliphatic heterocycles.